The van der Waals surface area contributed by atoms with Crippen LogP contribution in [0.1, 0.15) is 13.8 Å². The highest BCUT2D eigenvalue weighted by atomic mass is 31.2. The molecule has 7 nitrogen and oxygen atoms in total. The molecule has 0 aromatic heterocycles. The molecule has 0 aromatic carbocycles. The molecular weight excluding hydrogens is 256 g/mol. The molecule has 0 spiro atoms. The second-order valence-corrected chi connectivity index (χ2v) is 6.61. The van der Waals surface area contributed by atoms with E-state index in [1.54, 1.807) is 13.8 Å². The van der Waals surface area contributed by atoms with Crippen LogP contribution < -0.4 is 0 Å². The van der Waals surface area contributed by atoms with Gasteiger partial charge in [-0.1, -0.05) is 0 Å². The molecule has 0 amide bonds. The molecule has 0 rings (SSSR count). The molecule has 0 N–H and O–H groups in total. The van der Waals surface area contributed by atoms with Crippen molar-refractivity contribution in [2.24, 2.45) is 4.52 Å². The van der Waals surface area contributed by atoms with Crippen LogP contribution in [0.25, 0.3) is 0 Å². The third kappa shape index (κ3) is 4.63. The Kier molecular flexibility index (Phi) is 7.68. The van der Waals surface area contributed by atoms with E-state index in [-0.39, 0.29) is 13.2 Å². The van der Waals surface area contributed by atoms with Gasteiger partial charge in [-0.05, 0) is 13.8 Å². The average molecular weight is 275 g/mol. The fraction of sp³-hybridized carbons (Fsp3) is 1.00. The maximum atomic E-state index is 12.1. The highest BCUT2D eigenvalue weighted by Gasteiger charge is 2.31. The summed E-state index contributed by atoms with van der Waals surface area (Å²) in [7, 11) is -2.54. The van der Waals surface area contributed by atoms with E-state index < -0.39 is 15.5 Å². The minimum atomic E-state index is -3.59. The summed E-state index contributed by atoms with van der Waals surface area (Å²) in [6, 6.07) is 0. The second kappa shape index (κ2) is 7.56. The van der Waals surface area contributed by atoms with Crippen molar-refractivity contribution in [1.82, 2.24) is 0 Å². The van der Waals surface area contributed by atoms with E-state index in [9.17, 15) is 4.57 Å². The summed E-state index contributed by atoms with van der Waals surface area (Å²) in [5.41, 5.74) is 0. The molecule has 0 heterocycles. The van der Waals surface area contributed by atoms with Gasteiger partial charge >= 0.3 is 15.5 Å². The lowest BCUT2D eigenvalue weighted by atomic mass is 10.9. The number of rotatable bonds is 8. The summed E-state index contributed by atoms with van der Waals surface area (Å²) in [5.74, 6) is 0. The maximum absolute atomic E-state index is 12.1. The van der Waals surface area contributed by atoms with E-state index in [0.717, 1.165) is 0 Å². The minimum absolute atomic E-state index is 0.206. The predicted molar refractivity (Wildman–Crippen MR) is 61.2 cm³/mol. The van der Waals surface area contributed by atoms with Crippen LogP contribution in [0.4, 0.5) is 0 Å². The van der Waals surface area contributed by atoms with Gasteiger partial charge in [0.1, 0.15) is 0 Å². The Labute approximate surface area is 96.3 Å². The van der Waals surface area contributed by atoms with Crippen molar-refractivity contribution in [2.45, 2.75) is 13.8 Å². The number of nitrogens with zero attached hydrogens (tertiary/aromatic N) is 1. The van der Waals surface area contributed by atoms with Crippen molar-refractivity contribution in [3.8, 4) is 0 Å². The molecule has 16 heavy (non-hydrogen) atoms. The van der Waals surface area contributed by atoms with Crippen LogP contribution in [0, 0.1) is 0 Å². The lowest BCUT2D eigenvalue weighted by molar-refractivity contribution is 0.207. The van der Waals surface area contributed by atoms with Gasteiger partial charge in [0.25, 0.3) is 0 Å². The molecule has 0 aromatic rings. The van der Waals surface area contributed by atoms with Crippen LogP contribution in [-0.2, 0) is 27.2 Å². The smallest absolute Gasteiger partial charge is 0.306 e. The van der Waals surface area contributed by atoms with Crippen LogP contribution in [0.15, 0.2) is 4.52 Å². The molecule has 0 aliphatic rings. The summed E-state index contributed by atoms with van der Waals surface area (Å²) < 4.78 is 40.9. The Morgan fingerprint density at radius 3 is 1.56 bits per heavy atom. The Balaban J connectivity index is 5.21. The predicted octanol–water partition coefficient (Wildman–Crippen LogP) is 3.05. The average Bonchev–Trinajstić information content (AvgIpc) is 2.27. The standard InChI is InChI=1S/C7H19NO6P2/c1-6-13-15(9,14-7-2)8-16(10-3,11-4)12-5/h6-7H2,1-5H3. The van der Waals surface area contributed by atoms with Gasteiger partial charge in [0.2, 0.25) is 0 Å². The van der Waals surface area contributed by atoms with Gasteiger partial charge in [0.15, 0.2) is 0 Å². The third-order valence-corrected chi connectivity index (χ3v) is 5.80. The minimum Gasteiger partial charge on any atom is -0.306 e. The van der Waals surface area contributed by atoms with Crippen molar-refractivity contribution in [3.63, 3.8) is 0 Å². The lowest BCUT2D eigenvalue weighted by Crippen LogP contribution is -1.97. The molecule has 98 valence electrons. The Hall–Kier alpha value is 0.260. The summed E-state index contributed by atoms with van der Waals surface area (Å²) in [5, 5.41) is 0. The first-order chi connectivity index (χ1) is 7.51. The first kappa shape index (κ1) is 16.3. The Morgan fingerprint density at radius 2 is 1.31 bits per heavy atom. The highest BCUT2D eigenvalue weighted by molar-refractivity contribution is 7.63. The van der Waals surface area contributed by atoms with Gasteiger partial charge in [-0.25, -0.2) is 4.57 Å². The summed E-state index contributed by atoms with van der Waals surface area (Å²) in [4.78, 5) is 0. The van der Waals surface area contributed by atoms with Gasteiger partial charge in [-0.2, -0.15) is 0 Å². The van der Waals surface area contributed by atoms with Crippen LogP contribution in [0.5, 0.6) is 0 Å². The van der Waals surface area contributed by atoms with Crippen molar-refractivity contribution in [3.05, 3.63) is 0 Å². The molecule has 0 bridgehead atoms. The van der Waals surface area contributed by atoms with E-state index in [1.807, 2.05) is 0 Å². The second-order valence-electron chi connectivity index (χ2n) is 2.41. The zero-order valence-electron chi connectivity index (χ0n) is 10.2. The van der Waals surface area contributed by atoms with Crippen molar-refractivity contribution in [1.29, 1.82) is 0 Å². The fourth-order valence-electron chi connectivity index (χ4n) is 0.883. The van der Waals surface area contributed by atoms with Gasteiger partial charge in [0.05, 0.1) is 13.2 Å². The first-order valence-electron chi connectivity index (χ1n) is 4.71. The molecule has 0 saturated heterocycles. The van der Waals surface area contributed by atoms with Crippen molar-refractivity contribution in [2.75, 3.05) is 34.5 Å². The van der Waals surface area contributed by atoms with E-state index in [0.29, 0.717) is 0 Å². The van der Waals surface area contributed by atoms with Crippen LogP contribution in [0.2, 0.25) is 0 Å². The maximum Gasteiger partial charge on any atom is 0.458 e. The summed E-state index contributed by atoms with van der Waals surface area (Å²) >= 11 is 0. The van der Waals surface area contributed by atoms with E-state index in [1.165, 1.54) is 21.3 Å². The van der Waals surface area contributed by atoms with Gasteiger partial charge in [0, 0.05) is 21.3 Å². The van der Waals surface area contributed by atoms with Crippen LogP contribution in [0.3, 0.4) is 0 Å². The molecular formula is C7H19NO6P2. The largest absolute Gasteiger partial charge is 0.458 e. The molecule has 0 fully saturated rings. The van der Waals surface area contributed by atoms with Crippen molar-refractivity contribution < 1.29 is 27.2 Å². The molecule has 0 aliphatic heterocycles. The SMILES string of the molecule is CCOP(=O)(N=P(OC)(OC)OC)OCC. The van der Waals surface area contributed by atoms with Crippen LogP contribution in [-0.4, -0.2) is 34.5 Å². The Bertz CT molecular complexity index is 266. The van der Waals surface area contributed by atoms with E-state index in [4.69, 9.17) is 22.6 Å². The molecule has 0 saturated carbocycles. The molecule has 0 atom stereocenters. The van der Waals surface area contributed by atoms with E-state index >= 15 is 0 Å². The van der Waals surface area contributed by atoms with Gasteiger partial charge in [-0.3, -0.25) is 9.05 Å². The summed E-state index contributed by atoms with van der Waals surface area (Å²) in [6.07, 6.45) is 0. The fourth-order valence-corrected chi connectivity index (χ4v) is 4.42. The van der Waals surface area contributed by atoms with Crippen molar-refractivity contribution >= 4 is 15.5 Å². The monoisotopic (exact) mass is 275 g/mol. The normalized spacial score (nSPS) is 12.8. The number of hydrogen-bond donors (Lipinski definition) is 0. The molecule has 0 unspecified atom stereocenters. The van der Waals surface area contributed by atoms with Crippen LogP contribution >= 0.6 is 15.5 Å². The summed E-state index contributed by atoms with van der Waals surface area (Å²) in [6.45, 7) is 3.79. The Morgan fingerprint density at radius 1 is 0.938 bits per heavy atom. The molecule has 9 heteroatoms. The highest BCUT2D eigenvalue weighted by Crippen LogP contribution is 2.63. The number of hydrogen-bond acceptors (Lipinski definition) is 6. The zero-order chi connectivity index (χ0) is 12.7. The quantitative estimate of drug-likeness (QED) is 0.634. The van der Waals surface area contributed by atoms with Gasteiger partial charge in [-0.15, -0.1) is 4.52 Å². The van der Waals surface area contributed by atoms with Gasteiger partial charge < -0.3 is 13.6 Å². The third-order valence-electron chi connectivity index (χ3n) is 1.50. The molecule has 0 aliphatic carbocycles. The zero-order valence-corrected chi connectivity index (χ0v) is 12.0. The van der Waals surface area contributed by atoms with E-state index in [2.05, 4.69) is 4.52 Å². The lowest BCUT2D eigenvalue weighted by Gasteiger charge is -2.20. The topological polar surface area (TPSA) is 75.6 Å². The molecule has 0 radical (unpaired) electrons. The first-order valence-corrected chi connectivity index (χ1v) is 7.70.